The lowest BCUT2D eigenvalue weighted by atomic mass is 9.36. The normalized spacial score (nSPS) is 46.9. The summed E-state index contributed by atoms with van der Waals surface area (Å²) in [5.74, 6) is 0.583. The Labute approximate surface area is 144 Å². The molecule has 0 spiro atoms. The van der Waals surface area contributed by atoms with Crippen molar-refractivity contribution in [3.63, 3.8) is 0 Å². The summed E-state index contributed by atoms with van der Waals surface area (Å²) >= 11 is 0. The molecule has 1 fully saturated rings. The average molecular weight is 306 g/mol. The molecule has 0 aromatic rings. The summed E-state index contributed by atoms with van der Waals surface area (Å²) in [5, 5.41) is -0.307. The minimum atomic E-state index is -0.307. The Morgan fingerprint density at radius 2 is 1.83 bits per heavy atom. The summed E-state index contributed by atoms with van der Waals surface area (Å²) in [7, 11) is 7.03. The summed E-state index contributed by atoms with van der Waals surface area (Å²) in [6.07, 6.45) is 10.8. The van der Waals surface area contributed by atoms with Crippen molar-refractivity contribution in [3.05, 3.63) is 60.8 Å². The lowest BCUT2D eigenvalue weighted by Crippen LogP contribution is -2.53. The van der Waals surface area contributed by atoms with Crippen LogP contribution in [0.2, 0.25) is 5.31 Å². The number of rotatable bonds is 2. The molecule has 0 aromatic carbocycles. The van der Waals surface area contributed by atoms with Crippen LogP contribution in [0, 0.1) is 22.7 Å². The third-order valence-corrected chi connectivity index (χ3v) is 6.73. The molecule has 1 saturated carbocycles. The van der Waals surface area contributed by atoms with Gasteiger partial charge in [-0.25, -0.2) is 0 Å². The van der Waals surface area contributed by atoms with Gasteiger partial charge in [-0.3, -0.25) is 0 Å². The maximum Gasteiger partial charge on any atom is 0.0751 e. The van der Waals surface area contributed by atoms with Crippen LogP contribution in [-0.4, -0.2) is 7.85 Å². The molecule has 0 N–H and O–H groups in total. The average Bonchev–Trinajstić information content (AvgIpc) is 2.47. The predicted octanol–water partition coefficient (Wildman–Crippen LogP) is 6.21. The van der Waals surface area contributed by atoms with Gasteiger partial charge in [0.2, 0.25) is 0 Å². The van der Waals surface area contributed by atoms with Crippen LogP contribution in [0.5, 0.6) is 0 Å². The molecule has 0 aromatic heterocycles. The van der Waals surface area contributed by atoms with Gasteiger partial charge >= 0.3 is 0 Å². The van der Waals surface area contributed by atoms with E-state index in [9.17, 15) is 0 Å². The lowest BCUT2D eigenvalue weighted by molar-refractivity contribution is 0.0565. The molecule has 5 atom stereocenters. The van der Waals surface area contributed by atoms with Gasteiger partial charge in [-0.2, -0.15) is 0 Å². The van der Waals surface area contributed by atoms with Crippen LogP contribution in [0.3, 0.4) is 0 Å². The highest BCUT2D eigenvalue weighted by Gasteiger charge is 2.58. The molecule has 2 rings (SSSR count). The number of hydrogen-bond donors (Lipinski definition) is 0. The fourth-order valence-electron chi connectivity index (χ4n) is 5.27. The topological polar surface area (TPSA) is 0 Å². The molecule has 2 aliphatic carbocycles. The van der Waals surface area contributed by atoms with Gasteiger partial charge in [0.25, 0.3) is 0 Å². The van der Waals surface area contributed by atoms with Crippen LogP contribution >= 0.6 is 0 Å². The molecular formula is C22H31B. The first-order chi connectivity index (χ1) is 10.6. The Kier molecular flexibility index (Phi) is 4.48. The van der Waals surface area contributed by atoms with Gasteiger partial charge in [0, 0.05) is 10.8 Å². The highest BCUT2D eigenvalue weighted by molar-refractivity contribution is 6.15. The first-order valence-electron chi connectivity index (χ1n) is 8.66. The van der Waals surface area contributed by atoms with E-state index in [2.05, 4.69) is 78.7 Å². The molecule has 0 saturated heterocycles. The third kappa shape index (κ3) is 2.44. The molecule has 0 aliphatic heterocycles. The SMILES string of the molecule is [B]C1(C)C2C/C=C(\C)C(=C)C(C)(C=C)C1C(C)(/C=C\C)C(=C)C2. The summed E-state index contributed by atoms with van der Waals surface area (Å²) in [6, 6.07) is 0. The van der Waals surface area contributed by atoms with Crippen molar-refractivity contribution in [1.29, 1.82) is 0 Å². The van der Waals surface area contributed by atoms with E-state index in [1.165, 1.54) is 11.1 Å². The Morgan fingerprint density at radius 1 is 1.22 bits per heavy atom. The van der Waals surface area contributed by atoms with Gasteiger partial charge in [0.15, 0.2) is 0 Å². The second-order valence-electron chi connectivity index (χ2n) is 8.17. The first-order valence-corrected chi connectivity index (χ1v) is 8.66. The van der Waals surface area contributed by atoms with Crippen LogP contribution in [-0.2, 0) is 0 Å². The second kappa shape index (κ2) is 5.69. The van der Waals surface area contributed by atoms with Crippen molar-refractivity contribution in [3.8, 4) is 0 Å². The largest absolute Gasteiger partial charge is 0.102 e. The number of hydrogen-bond acceptors (Lipinski definition) is 0. The fourth-order valence-corrected chi connectivity index (χ4v) is 5.27. The molecule has 5 unspecified atom stereocenters. The van der Waals surface area contributed by atoms with Crippen LogP contribution in [0.1, 0.15) is 47.5 Å². The first kappa shape index (κ1) is 18.1. The Bertz CT molecular complexity index is 603. The van der Waals surface area contributed by atoms with Crippen molar-refractivity contribution < 1.29 is 0 Å². The Morgan fingerprint density at radius 3 is 2.35 bits per heavy atom. The molecule has 0 heterocycles. The molecule has 1 heteroatoms. The monoisotopic (exact) mass is 306 g/mol. The highest BCUT2D eigenvalue weighted by Crippen LogP contribution is 2.68. The minimum Gasteiger partial charge on any atom is -0.102 e. The molecule has 0 amide bonds. The lowest BCUT2D eigenvalue weighted by Gasteiger charge is -2.62. The predicted molar refractivity (Wildman–Crippen MR) is 104 cm³/mol. The maximum absolute atomic E-state index is 7.03. The van der Waals surface area contributed by atoms with Gasteiger partial charge in [-0.1, -0.05) is 74.7 Å². The molecule has 2 radical (unpaired) electrons. The van der Waals surface area contributed by atoms with Crippen LogP contribution in [0.15, 0.2) is 60.8 Å². The molecular weight excluding hydrogens is 275 g/mol. The quantitative estimate of drug-likeness (QED) is 0.420. The summed E-state index contributed by atoms with van der Waals surface area (Å²) in [6.45, 7) is 24.1. The summed E-state index contributed by atoms with van der Waals surface area (Å²) in [5.41, 5.74) is 3.27. The zero-order valence-corrected chi connectivity index (χ0v) is 15.6. The molecule has 2 bridgehead atoms. The summed E-state index contributed by atoms with van der Waals surface area (Å²) < 4.78 is 0. The van der Waals surface area contributed by atoms with E-state index in [1.54, 1.807) is 0 Å². The van der Waals surface area contributed by atoms with Gasteiger partial charge in [-0.05, 0) is 44.1 Å². The molecule has 0 nitrogen and oxygen atoms in total. The highest BCUT2D eigenvalue weighted by atomic mass is 14.6. The van der Waals surface area contributed by atoms with Crippen molar-refractivity contribution in [2.75, 3.05) is 0 Å². The van der Waals surface area contributed by atoms with E-state index in [0.717, 1.165) is 18.4 Å². The van der Waals surface area contributed by atoms with Crippen molar-refractivity contribution >= 4 is 7.85 Å². The van der Waals surface area contributed by atoms with E-state index in [1.807, 2.05) is 0 Å². The van der Waals surface area contributed by atoms with Gasteiger partial charge < -0.3 is 0 Å². The van der Waals surface area contributed by atoms with E-state index < -0.39 is 0 Å². The smallest absolute Gasteiger partial charge is 0.0751 e. The van der Waals surface area contributed by atoms with Crippen LogP contribution in [0.25, 0.3) is 0 Å². The Hall–Kier alpha value is -1.24. The standard InChI is InChI=1S/C22H31B/c1-9-13-21(7)16(4)14-18-12-11-15(3)17(5)20(6,10-2)19(21)22(18,8)23/h9-11,13,18-19H,2,4-5,12,14H2,1,3,6-8H3/b13-9-,15-11+. The van der Waals surface area contributed by atoms with E-state index in [-0.39, 0.29) is 22.1 Å². The molecule has 122 valence electrons. The maximum atomic E-state index is 7.03. The minimum absolute atomic E-state index is 0.155. The van der Waals surface area contributed by atoms with Crippen LogP contribution < -0.4 is 0 Å². The van der Waals surface area contributed by atoms with E-state index >= 15 is 0 Å². The molecule has 2 aliphatic rings. The van der Waals surface area contributed by atoms with Crippen molar-refractivity contribution in [2.45, 2.75) is 52.8 Å². The van der Waals surface area contributed by atoms with Gasteiger partial charge in [-0.15, -0.1) is 6.58 Å². The van der Waals surface area contributed by atoms with E-state index in [4.69, 9.17) is 7.85 Å². The van der Waals surface area contributed by atoms with Crippen molar-refractivity contribution in [2.24, 2.45) is 22.7 Å². The molecule has 23 heavy (non-hydrogen) atoms. The van der Waals surface area contributed by atoms with Crippen molar-refractivity contribution in [1.82, 2.24) is 0 Å². The van der Waals surface area contributed by atoms with E-state index in [0.29, 0.717) is 5.92 Å². The Balaban J connectivity index is 2.82. The van der Waals surface area contributed by atoms with Gasteiger partial charge in [0.05, 0.1) is 7.85 Å². The second-order valence-corrected chi connectivity index (χ2v) is 8.17. The zero-order chi connectivity index (χ0) is 17.6. The fraction of sp³-hybridized carbons (Fsp3) is 0.545. The third-order valence-electron chi connectivity index (χ3n) is 6.73. The van der Waals surface area contributed by atoms with Crippen LogP contribution in [0.4, 0.5) is 0 Å². The zero-order valence-electron chi connectivity index (χ0n) is 15.6. The summed E-state index contributed by atoms with van der Waals surface area (Å²) in [4.78, 5) is 0. The number of fused-ring (bicyclic) bond motifs is 2. The van der Waals surface area contributed by atoms with Gasteiger partial charge in [0.1, 0.15) is 0 Å². The number of allylic oxidation sites excluding steroid dienone is 7.